The Morgan fingerprint density at radius 2 is 1.80 bits per heavy atom. The van der Waals surface area contributed by atoms with Gasteiger partial charge in [0.05, 0.1) is 0 Å². The number of aryl methyl sites for hydroxylation is 1. The Kier molecular flexibility index (Phi) is 5.38. The molecule has 3 aliphatic heterocycles. The van der Waals surface area contributed by atoms with Gasteiger partial charge >= 0.3 is 6.03 Å². The van der Waals surface area contributed by atoms with Crippen LogP contribution in [0.3, 0.4) is 0 Å². The number of amides is 4. The molecule has 3 fully saturated rings. The monoisotopic (exact) mass is 414 g/mol. The van der Waals surface area contributed by atoms with Gasteiger partial charge in [0.1, 0.15) is 23.7 Å². The van der Waals surface area contributed by atoms with Crippen molar-refractivity contribution < 1.29 is 14.4 Å². The molecule has 30 heavy (non-hydrogen) atoms. The molecule has 0 atom stereocenters. The van der Waals surface area contributed by atoms with Crippen LogP contribution >= 0.6 is 0 Å². The zero-order chi connectivity index (χ0) is 21.5. The molecule has 0 aromatic carbocycles. The number of hydrogen-bond acceptors (Lipinski definition) is 6. The van der Waals surface area contributed by atoms with Gasteiger partial charge in [0, 0.05) is 43.9 Å². The first-order valence-electron chi connectivity index (χ1n) is 10.8. The molecule has 4 amide bonds. The van der Waals surface area contributed by atoms with Crippen molar-refractivity contribution in [3.63, 3.8) is 0 Å². The summed E-state index contributed by atoms with van der Waals surface area (Å²) in [5, 5.41) is 2.61. The van der Waals surface area contributed by atoms with Gasteiger partial charge in [-0.25, -0.2) is 14.8 Å². The average molecular weight is 415 g/mol. The summed E-state index contributed by atoms with van der Waals surface area (Å²) in [4.78, 5) is 51.6. The van der Waals surface area contributed by atoms with E-state index in [1.54, 1.807) is 18.7 Å². The summed E-state index contributed by atoms with van der Waals surface area (Å²) in [5.41, 5.74) is 0.0153. The van der Waals surface area contributed by atoms with Crippen molar-refractivity contribution in [3.8, 4) is 0 Å². The summed E-state index contributed by atoms with van der Waals surface area (Å²) in [6.45, 7) is 8.31. The molecule has 9 heteroatoms. The van der Waals surface area contributed by atoms with Gasteiger partial charge < -0.3 is 15.1 Å². The predicted molar refractivity (Wildman–Crippen MR) is 111 cm³/mol. The Balaban J connectivity index is 1.37. The smallest absolute Gasteiger partial charge is 0.325 e. The van der Waals surface area contributed by atoms with Crippen LogP contribution in [-0.4, -0.2) is 75.9 Å². The number of carbonyl (C=O) groups is 3. The molecule has 0 spiro atoms. The fourth-order valence-corrected chi connectivity index (χ4v) is 4.45. The van der Waals surface area contributed by atoms with Crippen molar-refractivity contribution in [2.75, 3.05) is 37.6 Å². The SMILES string of the molecule is Cc1cc(N2CCCC2)nc(C2CCN(C(=O)CN3C(=O)NC(C)(C)C3=O)CC2)n1. The van der Waals surface area contributed by atoms with Gasteiger partial charge in [-0.05, 0) is 46.5 Å². The van der Waals surface area contributed by atoms with E-state index >= 15 is 0 Å². The molecule has 0 bridgehead atoms. The Labute approximate surface area is 176 Å². The molecule has 1 N–H and O–H groups in total. The molecule has 0 saturated carbocycles. The van der Waals surface area contributed by atoms with E-state index < -0.39 is 11.6 Å². The third-order valence-corrected chi connectivity index (χ3v) is 6.24. The minimum Gasteiger partial charge on any atom is -0.357 e. The van der Waals surface area contributed by atoms with Crippen LogP contribution in [0.25, 0.3) is 0 Å². The zero-order valence-corrected chi connectivity index (χ0v) is 18.0. The zero-order valence-electron chi connectivity index (χ0n) is 18.0. The number of urea groups is 1. The summed E-state index contributed by atoms with van der Waals surface area (Å²) in [5.74, 6) is 1.52. The minimum atomic E-state index is -0.958. The average Bonchev–Trinajstić information content (AvgIpc) is 3.31. The maximum Gasteiger partial charge on any atom is 0.325 e. The second-order valence-corrected chi connectivity index (χ2v) is 9.02. The number of hydrogen-bond donors (Lipinski definition) is 1. The minimum absolute atomic E-state index is 0.197. The molecule has 0 radical (unpaired) electrons. The van der Waals surface area contributed by atoms with Crippen LogP contribution in [0.2, 0.25) is 0 Å². The molecule has 1 aromatic heterocycles. The van der Waals surface area contributed by atoms with Crippen molar-refractivity contribution >= 4 is 23.7 Å². The van der Waals surface area contributed by atoms with E-state index in [0.29, 0.717) is 13.1 Å². The van der Waals surface area contributed by atoms with E-state index in [2.05, 4.69) is 15.2 Å². The molecular formula is C21H30N6O3. The van der Waals surface area contributed by atoms with E-state index in [1.807, 2.05) is 13.0 Å². The van der Waals surface area contributed by atoms with Gasteiger partial charge in [-0.1, -0.05) is 0 Å². The molecule has 0 unspecified atom stereocenters. The molecule has 162 valence electrons. The second-order valence-electron chi connectivity index (χ2n) is 9.02. The maximum atomic E-state index is 12.7. The number of nitrogens with zero attached hydrogens (tertiary/aromatic N) is 5. The second kappa shape index (κ2) is 7.85. The van der Waals surface area contributed by atoms with Crippen LogP contribution in [-0.2, 0) is 9.59 Å². The predicted octanol–water partition coefficient (Wildman–Crippen LogP) is 1.42. The first-order valence-corrected chi connectivity index (χ1v) is 10.8. The summed E-state index contributed by atoms with van der Waals surface area (Å²) in [7, 11) is 0. The van der Waals surface area contributed by atoms with Crippen molar-refractivity contribution in [1.82, 2.24) is 25.1 Å². The first-order chi connectivity index (χ1) is 14.2. The van der Waals surface area contributed by atoms with Crippen LogP contribution in [0, 0.1) is 6.92 Å². The molecule has 0 aliphatic carbocycles. The van der Waals surface area contributed by atoms with E-state index in [4.69, 9.17) is 4.98 Å². The fourth-order valence-electron chi connectivity index (χ4n) is 4.45. The number of anilines is 1. The lowest BCUT2D eigenvalue weighted by molar-refractivity contribution is -0.139. The van der Waals surface area contributed by atoms with Crippen LogP contribution in [0.5, 0.6) is 0 Å². The molecule has 1 aromatic rings. The number of aromatic nitrogens is 2. The Hall–Kier alpha value is -2.71. The summed E-state index contributed by atoms with van der Waals surface area (Å²) in [6.07, 6.45) is 3.96. The standard InChI is InChI=1S/C21H30N6O3/c1-14-12-16(25-8-4-5-9-25)23-18(22-14)15-6-10-26(11-7-15)17(28)13-27-19(29)21(2,3)24-20(27)30/h12,15H,4-11,13H2,1-3H3,(H,24,30). The largest absolute Gasteiger partial charge is 0.357 e. The molecule has 3 aliphatic rings. The van der Waals surface area contributed by atoms with Gasteiger partial charge in [0.2, 0.25) is 5.91 Å². The highest BCUT2D eigenvalue weighted by Gasteiger charge is 2.45. The fraction of sp³-hybridized carbons (Fsp3) is 0.667. The highest BCUT2D eigenvalue weighted by atomic mass is 16.2. The topological polar surface area (TPSA) is 98.7 Å². The van der Waals surface area contributed by atoms with Crippen LogP contribution < -0.4 is 10.2 Å². The van der Waals surface area contributed by atoms with Crippen molar-refractivity contribution in [2.45, 2.75) is 57.9 Å². The molecule has 9 nitrogen and oxygen atoms in total. The number of piperidine rings is 1. The van der Waals surface area contributed by atoms with Gasteiger partial charge in [-0.3, -0.25) is 14.5 Å². The van der Waals surface area contributed by atoms with E-state index in [1.165, 1.54) is 12.8 Å². The lowest BCUT2D eigenvalue weighted by Gasteiger charge is -2.32. The van der Waals surface area contributed by atoms with Crippen molar-refractivity contribution in [2.24, 2.45) is 0 Å². The summed E-state index contributed by atoms with van der Waals surface area (Å²) < 4.78 is 0. The molecular weight excluding hydrogens is 384 g/mol. The highest BCUT2D eigenvalue weighted by Crippen LogP contribution is 2.28. The van der Waals surface area contributed by atoms with Gasteiger partial charge in [-0.2, -0.15) is 0 Å². The van der Waals surface area contributed by atoms with Gasteiger partial charge in [-0.15, -0.1) is 0 Å². The number of imide groups is 1. The molecule has 3 saturated heterocycles. The number of rotatable bonds is 4. The Morgan fingerprint density at radius 1 is 1.13 bits per heavy atom. The number of carbonyl (C=O) groups excluding carboxylic acids is 3. The highest BCUT2D eigenvalue weighted by molar-refractivity contribution is 6.08. The van der Waals surface area contributed by atoms with Crippen LogP contribution in [0.1, 0.15) is 57.0 Å². The quantitative estimate of drug-likeness (QED) is 0.749. The van der Waals surface area contributed by atoms with Crippen LogP contribution in [0.4, 0.5) is 10.6 Å². The van der Waals surface area contributed by atoms with Gasteiger partial charge in [0.25, 0.3) is 5.91 Å². The third kappa shape index (κ3) is 3.97. The molecule has 4 rings (SSSR count). The third-order valence-electron chi connectivity index (χ3n) is 6.24. The Bertz CT molecular complexity index is 856. The van der Waals surface area contributed by atoms with E-state index in [9.17, 15) is 14.4 Å². The van der Waals surface area contributed by atoms with E-state index in [-0.39, 0.29) is 24.3 Å². The lowest BCUT2D eigenvalue weighted by atomic mass is 9.95. The van der Waals surface area contributed by atoms with Crippen molar-refractivity contribution in [1.29, 1.82) is 0 Å². The first kappa shape index (κ1) is 20.6. The lowest BCUT2D eigenvalue weighted by Crippen LogP contribution is -2.46. The summed E-state index contributed by atoms with van der Waals surface area (Å²) in [6, 6.07) is 1.54. The number of nitrogens with one attached hydrogen (secondary N) is 1. The van der Waals surface area contributed by atoms with Crippen LogP contribution in [0.15, 0.2) is 6.07 Å². The Morgan fingerprint density at radius 3 is 2.40 bits per heavy atom. The van der Waals surface area contributed by atoms with E-state index in [0.717, 1.165) is 48.2 Å². The van der Waals surface area contributed by atoms with Gasteiger partial charge in [0.15, 0.2) is 0 Å². The molecule has 4 heterocycles. The summed E-state index contributed by atoms with van der Waals surface area (Å²) >= 11 is 0. The number of likely N-dealkylation sites (tertiary alicyclic amines) is 1. The maximum absolute atomic E-state index is 12.7. The van der Waals surface area contributed by atoms with Crippen molar-refractivity contribution in [3.05, 3.63) is 17.6 Å². The normalized spacial score (nSPS) is 22.0.